The molecule has 1 aliphatic heterocycles. The number of rotatable bonds is 6. The molecule has 1 fully saturated rings. The van der Waals surface area contributed by atoms with Crippen LogP contribution in [-0.2, 0) is 22.7 Å². The van der Waals surface area contributed by atoms with Crippen molar-refractivity contribution in [2.45, 2.75) is 13.2 Å². The average molecular weight is 291 g/mol. The summed E-state index contributed by atoms with van der Waals surface area (Å²) in [5.74, 6) is 0.215. The number of likely N-dealkylation sites (N-methyl/N-ethyl adjacent to an activating group) is 1. The molecule has 1 saturated heterocycles. The lowest BCUT2D eigenvalue weighted by Gasteiger charge is -2.29. The van der Waals surface area contributed by atoms with Crippen molar-refractivity contribution in [1.29, 1.82) is 0 Å². The number of benzene rings is 1. The predicted octanol–water partition coefficient (Wildman–Crippen LogP) is 0.697. The second-order valence-electron chi connectivity index (χ2n) is 5.56. The van der Waals surface area contributed by atoms with Gasteiger partial charge in [-0.15, -0.1) is 0 Å². The van der Waals surface area contributed by atoms with E-state index in [-0.39, 0.29) is 5.91 Å². The van der Waals surface area contributed by atoms with Crippen molar-refractivity contribution in [1.82, 2.24) is 15.1 Å². The van der Waals surface area contributed by atoms with Gasteiger partial charge >= 0.3 is 0 Å². The first-order chi connectivity index (χ1) is 10.2. The van der Waals surface area contributed by atoms with E-state index in [1.807, 2.05) is 18.0 Å². The minimum atomic E-state index is 0.215. The van der Waals surface area contributed by atoms with Crippen LogP contribution in [0.4, 0.5) is 0 Å². The summed E-state index contributed by atoms with van der Waals surface area (Å²) >= 11 is 0. The number of amides is 1. The second-order valence-corrected chi connectivity index (χ2v) is 5.56. The molecule has 1 amide bonds. The highest BCUT2D eigenvalue weighted by molar-refractivity contribution is 5.78. The van der Waals surface area contributed by atoms with Crippen LogP contribution in [0.2, 0.25) is 0 Å². The largest absolute Gasteiger partial charge is 0.380 e. The number of carbonyl (C=O) groups excluding carboxylic acids is 1. The molecule has 5 heteroatoms. The zero-order valence-corrected chi connectivity index (χ0v) is 13.0. The zero-order chi connectivity index (χ0) is 15.1. The molecular formula is C16H25N3O2. The number of hydrogen-bond donors (Lipinski definition) is 1. The van der Waals surface area contributed by atoms with Gasteiger partial charge in [0.2, 0.25) is 5.91 Å². The van der Waals surface area contributed by atoms with Crippen LogP contribution in [-0.4, -0.2) is 62.6 Å². The Bertz CT molecular complexity index is 459. The number of nitrogens with one attached hydrogen (secondary N) is 1. The van der Waals surface area contributed by atoms with Crippen molar-refractivity contribution in [3.8, 4) is 0 Å². The Balaban J connectivity index is 1.84. The third-order valence-electron chi connectivity index (χ3n) is 3.63. The van der Waals surface area contributed by atoms with Gasteiger partial charge in [-0.2, -0.15) is 0 Å². The van der Waals surface area contributed by atoms with E-state index < -0.39 is 0 Å². The molecule has 5 nitrogen and oxygen atoms in total. The Morgan fingerprint density at radius 3 is 2.76 bits per heavy atom. The molecule has 2 rings (SSSR count). The maximum Gasteiger partial charge on any atom is 0.236 e. The molecule has 1 N–H and O–H groups in total. The van der Waals surface area contributed by atoms with Gasteiger partial charge in [-0.1, -0.05) is 24.3 Å². The van der Waals surface area contributed by atoms with E-state index in [0.29, 0.717) is 13.2 Å². The maximum absolute atomic E-state index is 12.2. The Labute approximate surface area is 126 Å². The molecule has 0 radical (unpaired) electrons. The van der Waals surface area contributed by atoms with Crippen LogP contribution in [0.1, 0.15) is 11.1 Å². The van der Waals surface area contributed by atoms with Gasteiger partial charge in [-0.25, -0.2) is 0 Å². The molecule has 21 heavy (non-hydrogen) atoms. The van der Waals surface area contributed by atoms with E-state index in [2.05, 4.69) is 28.4 Å². The molecule has 0 spiro atoms. The van der Waals surface area contributed by atoms with Crippen LogP contribution in [0.3, 0.4) is 0 Å². The van der Waals surface area contributed by atoms with E-state index in [1.165, 1.54) is 5.56 Å². The van der Waals surface area contributed by atoms with Gasteiger partial charge < -0.3 is 15.0 Å². The highest BCUT2D eigenvalue weighted by Gasteiger charge is 2.17. The van der Waals surface area contributed by atoms with E-state index in [0.717, 1.165) is 38.3 Å². The Kier molecular flexibility index (Phi) is 6.17. The average Bonchev–Trinajstić information content (AvgIpc) is 2.48. The van der Waals surface area contributed by atoms with Crippen LogP contribution in [0.15, 0.2) is 24.3 Å². The molecule has 1 aromatic carbocycles. The van der Waals surface area contributed by atoms with Crippen molar-refractivity contribution in [3.63, 3.8) is 0 Å². The van der Waals surface area contributed by atoms with Crippen molar-refractivity contribution in [3.05, 3.63) is 35.4 Å². The van der Waals surface area contributed by atoms with Crippen molar-refractivity contribution in [2.75, 3.05) is 46.9 Å². The highest BCUT2D eigenvalue weighted by Crippen LogP contribution is 2.09. The fourth-order valence-electron chi connectivity index (χ4n) is 2.60. The molecular weight excluding hydrogens is 266 g/mol. The second kappa shape index (κ2) is 8.12. The molecule has 0 aromatic heterocycles. The SMILES string of the molecule is COCc1cccc(CN(C)CC(=O)N2CCNCC2)c1. The summed E-state index contributed by atoms with van der Waals surface area (Å²) in [7, 11) is 3.69. The number of piperazine rings is 1. The Morgan fingerprint density at radius 1 is 1.33 bits per heavy atom. The van der Waals surface area contributed by atoms with Crippen molar-refractivity contribution >= 4 is 5.91 Å². The highest BCUT2D eigenvalue weighted by atomic mass is 16.5. The summed E-state index contributed by atoms with van der Waals surface area (Å²) < 4.78 is 5.15. The van der Waals surface area contributed by atoms with E-state index in [4.69, 9.17) is 4.74 Å². The van der Waals surface area contributed by atoms with Crippen LogP contribution < -0.4 is 5.32 Å². The van der Waals surface area contributed by atoms with Crippen LogP contribution in [0.25, 0.3) is 0 Å². The minimum absolute atomic E-state index is 0.215. The molecule has 0 bridgehead atoms. The van der Waals surface area contributed by atoms with E-state index >= 15 is 0 Å². The Hall–Kier alpha value is -1.43. The number of nitrogens with zero attached hydrogens (tertiary/aromatic N) is 2. The summed E-state index contributed by atoms with van der Waals surface area (Å²) in [6.07, 6.45) is 0. The molecule has 0 aliphatic carbocycles. The monoisotopic (exact) mass is 291 g/mol. The molecule has 116 valence electrons. The van der Waals surface area contributed by atoms with Crippen molar-refractivity contribution < 1.29 is 9.53 Å². The van der Waals surface area contributed by atoms with Gasteiger partial charge in [0.05, 0.1) is 13.2 Å². The number of carbonyl (C=O) groups is 1. The summed E-state index contributed by atoms with van der Waals surface area (Å²) in [4.78, 5) is 16.2. The summed E-state index contributed by atoms with van der Waals surface area (Å²) in [6.45, 7) is 5.29. The van der Waals surface area contributed by atoms with Crippen LogP contribution in [0, 0.1) is 0 Å². The smallest absolute Gasteiger partial charge is 0.236 e. The van der Waals surface area contributed by atoms with Gasteiger partial charge in [0.1, 0.15) is 0 Å². The third-order valence-corrected chi connectivity index (χ3v) is 3.63. The van der Waals surface area contributed by atoms with Crippen LogP contribution >= 0.6 is 0 Å². The normalized spacial score (nSPS) is 15.5. The summed E-state index contributed by atoms with van der Waals surface area (Å²) in [5, 5.41) is 3.26. The zero-order valence-electron chi connectivity index (χ0n) is 13.0. The topological polar surface area (TPSA) is 44.8 Å². The predicted molar refractivity (Wildman–Crippen MR) is 82.9 cm³/mol. The van der Waals surface area contributed by atoms with Gasteiger partial charge in [0.15, 0.2) is 0 Å². The Morgan fingerprint density at radius 2 is 2.05 bits per heavy atom. The van der Waals surface area contributed by atoms with Crippen LogP contribution in [0.5, 0.6) is 0 Å². The lowest BCUT2D eigenvalue weighted by Crippen LogP contribution is -2.49. The van der Waals surface area contributed by atoms with Crippen molar-refractivity contribution in [2.24, 2.45) is 0 Å². The molecule has 0 atom stereocenters. The number of methoxy groups -OCH3 is 1. The van der Waals surface area contributed by atoms with E-state index in [1.54, 1.807) is 7.11 Å². The van der Waals surface area contributed by atoms with Gasteiger partial charge in [-0.05, 0) is 18.2 Å². The first kappa shape index (κ1) is 15.9. The number of ether oxygens (including phenoxy) is 1. The summed E-state index contributed by atoms with van der Waals surface area (Å²) in [6, 6.07) is 8.31. The minimum Gasteiger partial charge on any atom is -0.380 e. The lowest BCUT2D eigenvalue weighted by molar-refractivity contribution is -0.132. The fourth-order valence-corrected chi connectivity index (χ4v) is 2.60. The lowest BCUT2D eigenvalue weighted by atomic mass is 10.1. The first-order valence-electron chi connectivity index (χ1n) is 7.43. The third kappa shape index (κ3) is 5.12. The molecule has 1 heterocycles. The molecule has 0 saturated carbocycles. The van der Waals surface area contributed by atoms with Gasteiger partial charge in [0.25, 0.3) is 0 Å². The quantitative estimate of drug-likeness (QED) is 0.838. The van der Waals surface area contributed by atoms with Gasteiger partial charge in [0, 0.05) is 39.8 Å². The first-order valence-corrected chi connectivity index (χ1v) is 7.43. The fraction of sp³-hybridized carbons (Fsp3) is 0.562. The molecule has 1 aromatic rings. The molecule has 1 aliphatic rings. The molecule has 0 unspecified atom stereocenters. The van der Waals surface area contributed by atoms with Gasteiger partial charge in [-0.3, -0.25) is 9.69 Å². The standard InChI is InChI=1S/C16H25N3O2/c1-18(12-16(20)19-8-6-17-7-9-19)11-14-4-3-5-15(10-14)13-21-2/h3-5,10,17H,6-9,11-13H2,1-2H3. The maximum atomic E-state index is 12.2. The van der Waals surface area contributed by atoms with E-state index in [9.17, 15) is 4.79 Å². The number of hydrogen-bond acceptors (Lipinski definition) is 4. The summed E-state index contributed by atoms with van der Waals surface area (Å²) in [5.41, 5.74) is 2.37.